The van der Waals surface area contributed by atoms with Crippen molar-refractivity contribution in [1.82, 2.24) is 14.9 Å². The van der Waals surface area contributed by atoms with Gasteiger partial charge in [-0.05, 0) is 31.0 Å². The van der Waals surface area contributed by atoms with Crippen LogP contribution in [0.1, 0.15) is 23.2 Å². The van der Waals surface area contributed by atoms with Gasteiger partial charge in [0.2, 0.25) is 10.0 Å². The van der Waals surface area contributed by atoms with Crippen LogP contribution in [0.5, 0.6) is 0 Å². The van der Waals surface area contributed by atoms with Gasteiger partial charge in [0, 0.05) is 26.7 Å². The number of esters is 1. The second-order valence-electron chi connectivity index (χ2n) is 6.01. The number of nitrogens with zero attached hydrogens (tertiary/aromatic N) is 1. The van der Waals surface area contributed by atoms with E-state index in [1.807, 2.05) is 5.32 Å². The highest BCUT2D eigenvalue weighted by atomic mass is 32.2. The number of carbonyl (C=O) groups excluding carboxylic acids is 3. The molecule has 0 unspecified atom stereocenters. The first kappa shape index (κ1) is 21.8. The third-order valence-electron chi connectivity index (χ3n) is 3.95. The number of urea groups is 1. The molecule has 2 rings (SSSR count). The maximum absolute atomic E-state index is 12.6. The zero-order valence-electron chi connectivity index (χ0n) is 15.5. The zero-order chi connectivity index (χ0) is 20.6. The summed E-state index contributed by atoms with van der Waals surface area (Å²) in [6.45, 7) is 0.716. The second kappa shape index (κ2) is 10.2. The summed E-state index contributed by atoms with van der Waals surface area (Å²) >= 11 is 0. The topological polar surface area (TPSA) is 131 Å². The maximum Gasteiger partial charge on any atom is 0.338 e. The monoisotopic (exact) mass is 413 g/mol. The highest BCUT2D eigenvalue weighted by molar-refractivity contribution is 7.89. The molecule has 1 aromatic rings. The molecule has 0 radical (unpaired) electrons. The van der Waals surface area contributed by atoms with Crippen LogP contribution in [0.3, 0.4) is 0 Å². The fourth-order valence-electron chi connectivity index (χ4n) is 2.55. The third-order valence-corrected chi connectivity index (χ3v) is 5.85. The first-order valence-corrected chi connectivity index (χ1v) is 10.1. The van der Waals surface area contributed by atoms with E-state index in [4.69, 9.17) is 9.47 Å². The lowest BCUT2D eigenvalue weighted by atomic mass is 10.2. The minimum absolute atomic E-state index is 0.00221. The van der Waals surface area contributed by atoms with Gasteiger partial charge in [-0.2, -0.15) is 4.31 Å². The van der Waals surface area contributed by atoms with E-state index in [-0.39, 0.29) is 23.6 Å². The van der Waals surface area contributed by atoms with Gasteiger partial charge in [-0.25, -0.2) is 18.0 Å². The average molecular weight is 413 g/mol. The lowest BCUT2D eigenvalue weighted by Crippen LogP contribution is -2.42. The summed E-state index contributed by atoms with van der Waals surface area (Å²) in [4.78, 5) is 35.2. The normalized spacial score (nSPS) is 14.5. The maximum atomic E-state index is 12.6. The van der Waals surface area contributed by atoms with E-state index < -0.39 is 34.5 Å². The molecule has 1 aromatic carbocycles. The van der Waals surface area contributed by atoms with Crippen molar-refractivity contribution in [3.05, 3.63) is 29.8 Å². The van der Waals surface area contributed by atoms with Crippen LogP contribution in [0.15, 0.2) is 29.2 Å². The average Bonchev–Trinajstić information content (AvgIpc) is 3.22. The summed E-state index contributed by atoms with van der Waals surface area (Å²) in [6, 6.07) is 4.70. The first-order valence-electron chi connectivity index (χ1n) is 8.68. The molecule has 10 nitrogen and oxygen atoms in total. The van der Waals surface area contributed by atoms with Gasteiger partial charge in [0.1, 0.15) is 0 Å². The van der Waals surface area contributed by atoms with Crippen LogP contribution in [-0.4, -0.2) is 70.6 Å². The van der Waals surface area contributed by atoms with Crippen LogP contribution in [-0.2, 0) is 24.3 Å². The Morgan fingerprint density at radius 3 is 2.57 bits per heavy atom. The number of imide groups is 1. The number of nitrogens with one attached hydrogen (secondary N) is 2. The summed E-state index contributed by atoms with van der Waals surface area (Å²) in [5.74, 6) is -1.68. The molecule has 0 aliphatic carbocycles. The SMILES string of the molecule is COCCNC(=O)NC(=O)COC(=O)c1cccc(S(=O)(=O)N2CCCC2)c1. The molecular formula is C17H23N3O7S. The van der Waals surface area contributed by atoms with E-state index in [2.05, 4.69) is 5.32 Å². The van der Waals surface area contributed by atoms with Gasteiger partial charge in [0.05, 0.1) is 17.1 Å². The molecule has 154 valence electrons. The van der Waals surface area contributed by atoms with Crippen LogP contribution in [0.2, 0.25) is 0 Å². The van der Waals surface area contributed by atoms with E-state index in [1.165, 1.54) is 35.7 Å². The van der Waals surface area contributed by atoms with E-state index in [1.54, 1.807) is 0 Å². The molecule has 3 amide bonds. The second-order valence-corrected chi connectivity index (χ2v) is 7.95. The lowest BCUT2D eigenvalue weighted by Gasteiger charge is -2.15. The quantitative estimate of drug-likeness (QED) is 0.456. The van der Waals surface area contributed by atoms with E-state index >= 15 is 0 Å². The molecule has 1 heterocycles. The molecule has 0 bridgehead atoms. The van der Waals surface area contributed by atoms with Gasteiger partial charge in [0.25, 0.3) is 5.91 Å². The van der Waals surface area contributed by atoms with Gasteiger partial charge in [0.15, 0.2) is 6.61 Å². The van der Waals surface area contributed by atoms with Gasteiger partial charge < -0.3 is 14.8 Å². The Kier molecular flexibility index (Phi) is 7.91. The predicted octanol–water partition coefficient (Wildman–Crippen LogP) is 0.100. The highest BCUT2D eigenvalue weighted by Crippen LogP contribution is 2.21. The molecule has 0 aromatic heterocycles. The van der Waals surface area contributed by atoms with E-state index in [9.17, 15) is 22.8 Å². The minimum atomic E-state index is -3.67. The standard InChI is InChI=1S/C17H23N3O7S/c1-26-10-7-18-17(23)19-15(21)12-27-16(22)13-5-4-6-14(11-13)28(24,25)20-8-2-3-9-20/h4-6,11H,2-3,7-10,12H2,1H3,(H2,18,19,21,23). The highest BCUT2D eigenvalue weighted by Gasteiger charge is 2.27. The number of methoxy groups -OCH3 is 1. The molecule has 0 atom stereocenters. The van der Waals surface area contributed by atoms with Gasteiger partial charge in [-0.1, -0.05) is 6.07 Å². The predicted molar refractivity (Wildman–Crippen MR) is 98.1 cm³/mol. The van der Waals surface area contributed by atoms with Crippen molar-refractivity contribution in [3.8, 4) is 0 Å². The third kappa shape index (κ3) is 6.01. The van der Waals surface area contributed by atoms with E-state index in [0.29, 0.717) is 13.1 Å². The molecule has 0 saturated carbocycles. The molecule has 11 heteroatoms. The Morgan fingerprint density at radius 1 is 1.18 bits per heavy atom. The lowest BCUT2D eigenvalue weighted by molar-refractivity contribution is -0.123. The fraction of sp³-hybridized carbons (Fsp3) is 0.471. The number of benzene rings is 1. The van der Waals surface area contributed by atoms with Gasteiger partial charge >= 0.3 is 12.0 Å². The Balaban J connectivity index is 1.90. The Hall–Kier alpha value is -2.50. The number of hydrogen-bond acceptors (Lipinski definition) is 7. The fourth-order valence-corrected chi connectivity index (χ4v) is 4.11. The summed E-state index contributed by atoms with van der Waals surface area (Å²) < 4.78 is 36.1. The summed E-state index contributed by atoms with van der Waals surface area (Å²) in [7, 11) is -2.20. The molecule has 2 N–H and O–H groups in total. The molecule has 1 aliphatic heterocycles. The van der Waals surface area contributed by atoms with E-state index in [0.717, 1.165) is 12.8 Å². The number of hydrogen-bond donors (Lipinski definition) is 2. The molecular weight excluding hydrogens is 390 g/mol. The van der Waals surface area contributed by atoms with Crippen molar-refractivity contribution in [2.24, 2.45) is 0 Å². The van der Waals surface area contributed by atoms with Crippen LogP contribution >= 0.6 is 0 Å². The van der Waals surface area contributed by atoms with Crippen molar-refractivity contribution < 1.29 is 32.3 Å². The van der Waals surface area contributed by atoms with Crippen molar-refractivity contribution >= 4 is 27.9 Å². The van der Waals surface area contributed by atoms with Crippen LogP contribution in [0, 0.1) is 0 Å². The van der Waals surface area contributed by atoms with Crippen molar-refractivity contribution in [3.63, 3.8) is 0 Å². The number of rotatable bonds is 8. The molecule has 1 aliphatic rings. The Bertz CT molecular complexity index is 820. The Labute approximate surface area is 163 Å². The molecule has 0 spiro atoms. The summed E-state index contributed by atoms with van der Waals surface area (Å²) in [5.41, 5.74) is -0.00221. The number of amides is 3. The first-order chi connectivity index (χ1) is 13.3. The van der Waals surface area contributed by atoms with Gasteiger partial charge in [-0.15, -0.1) is 0 Å². The smallest absolute Gasteiger partial charge is 0.338 e. The zero-order valence-corrected chi connectivity index (χ0v) is 16.3. The molecule has 1 saturated heterocycles. The number of ether oxygens (including phenoxy) is 2. The van der Waals surface area contributed by atoms with Crippen LogP contribution < -0.4 is 10.6 Å². The number of carbonyl (C=O) groups is 3. The summed E-state index contributed by atoms with van der Waals surface area (Å²) in [5, 5.41) is 4.37. The van der Waals surface area contributed by atoms with Crippen LogP contribution in [0.25, 0.3) is 0 Å². The van der Waals surface area contributed by atoms with Crippen molar-refractivity contribution in [1.29, 1.82) is 0 Å². The largest absolute Gasteiger partial charge is 0.452 e. The Morgan fingerprint density at radius 2 is 1.89 bits per heavy atom. The van der Waals surface area contributed by atoms with Gasteiger partial charge in [-0.3, -0.25) is 10.1 Å². The van der Waals surface area contributed by atoms with Crippen LogP contribution in [0.4, 0.5) is 4.79 Å². The van der Waals surface area contributed by atoms with Crippen molar-refractivity contribution in [2.45, 2.75) is 17.7 Å². The minimum Gasteiger partial charge on any atom is -0.452 e. The molecule has 28 heavy (non-hydrogen) atoms. The van der Waals surface area contributed by atoms with Crippen molar-refractivity contribution in [2.75, 3.05) is 40.0 Å². The number of sulfonamides is 1. The summed E-state index contributed by atoms with van der Waals surface area (Å²) in [6.07, 6.45) is 1.60. The molecule has 1 fully saturated rings.